The number of benzene rings is 1. The molecule has 0 radical (unpaired) electrons. The highest BCUT2D eigenvalue weighted by atomic mass is 32.2. The number of nitrogens with zero attached hydrogens (tertiary/aromatic N) is 1. The van der Waals surface area contributed by atoms with Gasteiger partial charge in [-0.3, -0.25) is 4.48 Å². The molecule has 0 bridgehead atoms. The Bertz CT molecular complexity index is 432. The largest absolute Gasteiger partial charge is 0.744 e. The molecular formula is C9H13NO3S. The van der Waals surface area contributed by atoms with Crippen LogP contribution >= 0.6 is 0 Å². The van der Waals surface area contributed by atoms with Gasteiger partial charge >= 0.3 is 0 Å². The van der Waals surface area contributed by atoms with E-state index in [0.29, 0.717) is 10.2 Å². The fraction of sp³-hybridized carbons (Fsp3) is 0.333. The predicted molar refractivity (Wildman–Crippen MR) is 54.0 cm³/mol. The maximum atomic E-state index is 10.9. The Balaban J connectivity index is 3.47. The summed E-state index contributed by atoms with van der Waals surface area (Å²) in [5.41, 5.74) is 0.502. The normalized spacial score (nSPS) is 12.9. The lowest BCUT2D eigenvalue weighted by molar-refractivity contribution is 0.447. The molecule has 0 spiro atoms. The molecule has 14 heavy (non-hydrogen) atoms. The second-order valence-electron chi connectivity index (χ2n) is 3.93. The van der Waals surface area contributed by atoms with Crippen molar-refractivity contribution in [2.75, 3.05) is 21.1 Å². The van der Waals surface area contributed by atoms with E-state index in [1.165, 1.54) is 6.07 Å². The van der Waals surface area contributed by atoms with Crippen molar-refractivity contribution in [2.45, 2.75) is 4.90 Å². The average Bonchev–Trinajstić information content (AvgIpc) is 2.01. The molecule has 0 aliphatic rings. The third kappa shape index (κ3) is 2.31. The van der Waals surface area contributed by atoms with Crippen LogP contribution in [0.25, 0.3) is 0 Å². The Labute approximate surface area is 84.1 Å². The minimum Gasteiger partial charge on any atom is -0.744 e. The van der Waals surface area contributed by atoms with Crippen molar-refractivity contribution in [3.05, 3.63) is 24.3 Å². The van der Waals surface area contributed by atoms with Crippen LogP contribution in [-0.2, 0) is 10.1 Å². The standard InChI is InChI=1S/C9H13NO3S/c1-10(2,3)8-6-4-5-7-9(8)14(11,12)13/h4-7H,1-3H3. The summed E-state index contributed by atoms with van der Waals surface area (Å²) >= 11 is 0. The molecule has 0 N–H and O–H groups in total. The fourth-order valence-electron chi connectivity index (χ4n) is 1.22. The minimum absolute atomic E-state index is 0.146. The smallest absolute Gasteiger partial charge is 0.149 e. The monoisotopic (exact) mass is 215 g/mol. The van der Waals surface area contributed by atoms with E-state index in [0.717, 1.165) is 0 Å². The van der Waals surface area contributed by atoms with Crippen molar-refractivity contribution >= 4 is 15.8 Å². The van der Waals surface area contributed by atoms with Gasteiger partial charge in [-0.25, -0.2) is 8.42 Å². The summed E-state index contributed by atoms with van der Waals surface area (Å²) in [5, 5.41) is 0. The van der Waals surface area contributed by atoms with Crippen molar-refractivity contribution in [3.8, 4) is 0 Å². The SMILES string of the molecule is C[N+](C)(C)c1ccccc1S(=O)(=O)[O-]. The van der Waals surface area contributed by atoms with Gasteiger partial charge in [0.2, 0.25) is 0 Å². The van der Waals surface area contributed by atoms with Crippen LogP contribution in [0.4, 0.5) is 5.69 Å². The van der Waals surface area contributed by atoms with Crippen LogP contribution in [0.2, 0.25) is 0 Å². The van der Waals surface area contributed by atoms with Gasteiger partial charge < -0.3 is 4.55 Å². The number of quaternary nitrogens is 1. The van der Waals surface area contributed by atoms with Gasteiger partial charge in [0.1, 0.15) is 20.7 Å². The number of hydrogen-bond acceptors (Lipinski definition) is 3. The molecule has 0 saturated carbocycles. The fourth-order valence-corrected chi connectivity index (χ4v) is 2.07. The van der Waals surface area contributed by atoms with Gasteiger partial charge in [-0.05, 0) is 6.07 Å². The first-order chi connectivity index (χ1) is 6.23. The lowest BCUT2D eigenvalue weighted by atomic mass is 10.3. The van der Waals surface area contributed by atoms with Gasteiger partial charge in [-0.1, -0.05) is 12.1 Å². The van der Waals surface area contributed by atoms with E-state index in [1.54, 1.807) is 18.2 Å². The Morgan fingerprint density at radius 1 is 1.14 bits per heavy atom. The summed E-state index contributed by atoms with van der Waals surface area (Å²) in [7, 11) is 1.05. The Kier molecular flexibility index (Phi) is 2.67. The van der Waals surface area contributed by atoms with Gasteiger partial charge in [0.25, 0.3) is 0 Å². The molecule has 0 aliphatic carbocycles. The molecule has 0 atom stereocenters. The first kappa shape index (κ1) is 11.2. The van der Waals surface area contributed by atoms with Gasteiger partial charge in [-0.15, -0.1) is 0 Å². The molecular weight excluding hydrogens is 202 g/mol. The van der Waals surface area contributed by atoms with Crippen LogP contribution in [0, 0.1) is 0 Å². The molecule has 1 rings (SSSR count). The summed E-state index contributed by atoms with van der Waals surface area (Å²) < 4.78 is 33.1. The van der Waals surface area contributed by atoms with Crippen LogP contribution in [0.5, 0.6) is 0 Å². The molecule has 5 heteroatoms. The van der Waals surface area contributed by atoms with Crippen LogP contribution < -0.4 is 4.48 Å². The highest BCUT2D eigenvalue weighted by molar-refractivity contribution is 7.86. The van der Waals surface area contributed by atoms with Crippen molar-refractivity contribution in [1.82, 2.24) is 4.48 Å². The van der Waals surface area contributed by atoms with E-state index in [9.17, 15) is 13.0 Å². The molecule has 4 nitrogen and oxygen atoms in total. The highest BCUT2D eigenvalue weighted by Crippen LogP contribution is 2.26. The second-order valence-corrected chi connectivity index (χ2v) is 5.28. The first-order valence-electron chi connectivity index (χ1n) is 4.10. The number of rotatable bonds is 2. The van der Waals surface area contributed by atoms with Crippen molar-refractivity contribution < 1.29 is 13.0 Å². The number of hydrogen-bond donors (Lipinski definition) is 0. The van der Waals surface area contributed by atoms with Crippen molar-refractivity contribution in [3.63, 3.8) is 0 Å². The van der Waals surface area contributed by atoms with Crippen LogP contribution in [0.1, 0.15) is 0 Å². The molecule has 78 valence electrons. The zero-order chi connectivity index (χ0) is 11.0. The Morgan fingerprint density at radius 3 is 2.00 bits per heavy atom. The third-order valence-electron chi connectivity index (χ3n) is 1.86. The lowest BCUT2D eigenvalue weighted by Crippen LogP contribution is -2.36. The molecule has 0 aromatic heterocycles. The molecule has 1 aromatic carbocycles. The minimum atomic E-state index is -4.38. The van der Waals surface area contributed by atoms with Crippen molar-refractivity contribution in [1.29, 1.82) is 0 Å². The maximum absolute atomic E-state index is 10.9. The van der Waals surface area contributed by atoms with E-state index in [4.69, 9.17) is 0 Å². The van der Waals surface area contributed by atoms with E-state index >= 15 is 0 Å². The molecule has 0 aliphatic heterocycles. The van der Waals surface area contributed by atoms with Crippen molar-refractivity contribution in [2.24, 2.45) is 0 Å². The van der Waals surface area contributed by atoms with Gasteiger partial charge in [0, 0.05) is 6.07 Å². The molecule has 1 aromatic rings. The van der Waals surface area contributed by atoms with Gasteiger partial charge in [0.05, 0.1) is 21.1 Å². The lowest BCUT2D eigenvalue weighted by Gasteiger charge is -2.26. The highest BCUT2D eigenvalue weighted by Gasteiger charge is 2.20. The average molecular weight is 215 g/mol. The Morgan fingerprint density at radius 2 is 1.64 bits per heavy atom. The summed E-state index contributed by atoms with van der Waals surface area (Å²) in [6.07, 6.45) is 0. The number of para-hydroxylation sites is 1. The quantitative estimate of drug-likeness (QED) is 0.541. The van der Waals surface area contributed by atoms with Crippen LogP contribution in [0.15, 0.2) is 29.2 Å². The molecule has 0 heterocycles. The molecule has 0 fully saturated rings. The summed E-state index contributed by atoms with van der Waals surface area (Å²) in [4.78, 5) is -0.146. The van der Waals surface area contributed by atoms with Crippen LogP contribution in [-0.4, -0.2) is 34.1 Å². The van der Waals surface area contributed by atoms with E-state index in [2.05, 4.69) is 0 Å². The topological polar surface area (TPSA) is 57.2 Å². The first-order valence-corrected chi connectivity index (χ1v) is 5.50. The van der Waals surface area contributed by atoms with Gasteiger partial charge in [-0.2, -0.15) is 0 Å². The zero-order valence-corrected chi connectivity index (χ0v) is 9.21. The summed E-state index contributed by atoms with van der Waals surface area (Å²) in [5.74, 6) is 0. The molecule has 0 amide bonds. The van der Waals surface area contributed by atoms with E-state index in [1.807, 2.05) is 21.1 Å². The predicted octanol–water partition coefficient (Wildman–Crippen LogP) is 0.787. The maximum Gasteiger partial charge on any atom is 0.149 e. The zero-order valence-electron chi connectivity index (χ0n) is 8.39. The van der Waals surface area contributed by atoms with Crippen LogP contribution in [0.3, 0.4) is 0 Å². The molecule has 0 unspecified atom stereocenters. The molecule has 0 saturated heterocycles. The Hall–Kier alpha value is -0.910. The summed E-state index contributed by atoms with van der Waals surface area (Å²) in [6.45, 7) is 0. The second kappa shape index (κ2) is 3.34. The summed E-state index contributed by atoms with van der Waals surface area (Å²) in [6, 6.07) is 6.24. The van der Waals surface area contributed by atoms with E-state index in [-0.39, 0.29) is 4.90 Å². The van der Waals surface area contributed by atoms with E-state index < -0.39 is 10.1 Å². The van der Waals surface area contributed by atoms with Gasteiger partial charge in [0.15, 0.2) is 0 Å². The third-order valence-corrected chi connectivity index (χ3v) is 2.74.